The SMILES string of the molecule is Nc1nc(/C(=N\OC(c2ccccc2)(c2ccccc2)c2ccccc2)C(=O)N[C@@H]2C(=O)N3C(C(=O)OC(c4ccccc4)c4ccccc4)=C(CO)CCC23)ns1. The van der Waals surface area contributed by atoms with Gasteiger partial charge in [0, 0.05) is 28.2 Å². The van der Waals surface area contributed by atoms with Gasteiger partial charge in [-0.2, -0.15) is 9.36 Å². The average molecular weight is 791 g/mol. The highest BCUT2D eigenvalue weighted by atomic mass is 32.1. The van der Waals surface area contributed by atoms with Gasteiger partial charge in [0.05, 0.1) is 12.6 Å². The summed E-state index contributed by atoms with van der Waals surface area (Å²) in [6.45, 7) is -0.448. The number of aliphatic hydroxyl groups excluding tert-OH is 1. The van der Waals surface area contributed by atoms with Crippen LogP contribution in [0.1, 0.15) is 52.6 Å². The van der Waals surface area contributed by atoms with E-state index in [-0.39, 0.29) is 22.4 Å². The van der Waals surface area contributed by atoms with Gasteiger partial charge in [-0.05, 0) is 29.5 Å². The first kappa shape index (κ1) is 37.9. The minimum absolute atomic E-state index is 0.0318. The average Bonchev–Trinajstić information content (AvgIpc) is 3.72. The van der Waals surface area contributed by atoms with E-state index in [1.807, 2.05) is 152 Å². The number of benzene rings is 5. The largest absolute Gasteiger partial charge is 0.448 e. The molecule has 2 aliphatic heterocycles. The Morgan fingerprint density at radius 2 is 1.33 bits per heavy atom. The third-order valence-corrected chi connectivity index (χ3v) is 10.9. The summed E-state index contributed by atoms with van der Waals surface area (Å²) in [5.41, 5.74) is 8.38. The maximum absolute atomic E-state index is 14.3. The van der Waals surface area contributed by atoms with Crippen molar-refractivity contribution in [2.24, 2.45) is 5.16 Å². The number of ether oxygens (including phenoxy) is 1. The number of rotatable bonds is 13. The molecule has 2 aliphatic rings. The Kier molecular flexibility index (Phi) is 10.9. The van der Waals surface area contributed by atoms with Crippen molar-refractivity contribution in [3.63, 3.8) is 0 Å². The number of oxime groups is 1. The zero-order valence-corrected chi connectivity index (χ0v) is 31.9. The van der Waals surface area contributed by atoms with Crippen molar-refractivity contribution in [3.05, 3.63) is 197 Å². The van der Waals surface area contributed by atoms with Crippen LogP contribution in [0.3, 0.4) is 0 Å². The number of nitrogen functional groups attached to an aromatic ring is 1. The topological polar surface area (TPSA) is 169 Å². The number of carbonyl (C=O) groups excluding carboxylic acids is 3. The maximum Gasteiger partial charge on any atom is 0.356 e. The number of fused-ring (bicyclic) bond motifs is 1. The monoisotopic (exact) mass is 790 g/mol. The van der Waals surface area contributed by atoms with Crippen LogP contribution in [0.5, 0.6) is 0 Å². The summed E-state index contributed by atoms with van der Waals surface area (Å²) in [5.74, 6) is -2.19. The van der Waals surface area contributed by atoms with Crippen LogP contribution in [0, 0.1) is 0 Å². The molecule has 0 aliphatic carbocycles. The number of amides is 2. The summed E-state index contributed by atoms with van der Waals surface area (Å²) < 4.78 is 10.4. The van der Waals surface area contributed by atoms with Crippen molar-refractivity contribution in [1.29, 1.82) is 0 Å². The summed E-state index contributed by atoms with van der Waals surface area (Å²) in [7, 11) is 0. The number of aromatic nitrogens is 2. The van der Waals surface area contributed by atoms with E-state index in [0.29, 0.717) is 18.4 Å². The van der Waals surface area contributed by atoms with Gasteiger partial charge in [-0.3, -0.25) is 14.5 Å². The number of hydrogen-bond acceptors (Lipinski definition) is 11. The molecule has 0 spiro atoms. The highest BCUT2D eigenvalue weighted by Gasteiger charge is 2.54. The van der Waals surface area contributed by atoms with Gasteiger partial charge >= 0.3 is 5.97 Å². The van der Waals surface area contributed by atoms with Crippen molar-refractivity contribution >= 4 is 40.2 Å². The second kappa shape index (κ2) is 16.6. The summed E-state index contributed by atoms with van der Waals surface area (Å²) in [4.78, 5) is 54.6. The van der Waals surface area contributed by atoms with Gasteiger partial charge in [-0.15, -0.1) is 0 Å². The highest BCUT2D eigenvalue weighted by Crippen LogP contribution is 2.42. The number of nitrogens with one attached hydrogen (secondary N) is 1. The molecule has 4 N–H and O–H groups in total. The van der Waals surface area contributed by atoms with Gasteiger partial charge in [-0.1, -0.05) is 157 Å². The molecule has 6 aromatic rings. The molecular weight excluding hydrogens is 753 g/mol. The minimum atomic E-state index is -1.33. The molecule has 8 rings (SSSR count). The number of carbonyl (C=O) groups is 3. The van der Waals surface area contributed by atoms with Gasteiger partial charge in [0.2, 0.25) is 17.1 Å². The van der Waals surface area contributed by atoms with E-state index in [1.165, 1.54) is 4.90 Å². The zero-order valence-electron chi connectivity index (χ0n) is 31.1. The lowest BCUT2D eigenvalue weighted by Gasteiger charge is -2.50. The van der Waals surface area contributed by atoms with Crippen molar-refractivity contribution in [1.82, 2.24) is 19.6 Å². The maximum atomic E-state index is 14.3. The lowest BCUT2D eigenvalue weighted by atomic mass is 9.80. The lowest BCUT2D eigenvalue weighted by molar-refractivity contribution is -0.159. The highest BCUT2D eigenvalue weighted by molar-refractivity contribution is 7.09. The molecule has 13 heteroatoms. The fourth-order valence-electron chi connectivity index (χ4n) is 7.54. The molecule has 0 saturated carbocycles. The Bertz CT molecular complexity index is 2330. The zero-order chi connectivity index (χ0) is 40.1. The van der Waals surface area contributed by atoms with Crippen LogP contribution in [-0.2, 0) is 29.6 Å². The molecular formula is C45H38N6O6S. The van der Waals surface area contributed by atoms with E-state index in [0.717, 1.165) is 39.3 Å². The Hall–Kier alpha value is -6.96. The van der Waals surface area contributed by atoms with E-state index >= 15 is 0 Å². The summed E-state index contributed by atoms with van der Waals surface area (Å²) >= 11 is 0.882. The molecule has 58 heavy (non-hydrogen) atoms. The quantitative estimate of drug-likeness (QED) is 0.0424. The molecule has 1 fully saturated rings. The normalized spacial score (nSPS) is 16.7. The molecule has 0 radical (unpaired) electrons. The van der Waals surface area contributed by atoms with Crippen LogP contribution >= 0.6 is 11.5 Å². The third-order valence-electron chi connectivity index (χ3n) is 10.3. The van der Waals surface area contributed by atoms with E-state index in [4.69, 9.17) is 15.3 Å². The van der Waals surface area contributed by atoms with Crippen LogP contribution in [0.15, 0.2) is 168 Å². The number of nitrogens with two attached hydrogens (primary N) is 1. The molecule has 12 nitrogen and oxygen atoms in total. The molecule has 1 unspecified atom stereocenters. The van der Waals surface area contributed by atoms with Crippen LogP contribution in [0.4, 0.5) is 5.13 Å². The predicted octanol–water partition coefficient (Wildman–Crippen LogP) is 5.90. The first-order valence-electron chi connectivity index (χ1n) is 18.7. The number of anilines is 1. The number of esters is 1. The fourth-order valence-corrected chi connectivity index (χ4v) is 7.98. The molecule has 2 atom stereocenters. The summed E-state index contributed by atoms with van der Waals surface area (Å²) in [6, 6.07) is 45.4. The van der Waals surface area contributed by atoms with Crippen molar-refractivity contribution < 1.29 is 29.1 Å². The van der Waals surface area contributed by atoms with Gasteiger partial charge < -0.3 is 25.7 Å². The second-order valence-corrected chi connectivity index (χ2v) is 14.5. The molecule has 1 saturated heterocycles. The van der Waals surface area contributed by atoms with E-state index in [2.05, 4.69) is 19.8 Å². The van der Waals surface area contributed by atoms with Crippen molar-refractivity contribution in [2.45, 2.75) is 36.6 Å². The molecule has 290 valence electrons. The number of aliphatic hydroxyl groups is 1. The Labute approximate surface area is 338 Å². The van der Waals surface area contributed by atoms with Crippen LogP contribution in [0.2, 0.25) is 0 Å². The van der Waals surface area contributed by atoms with Crippen LogP contribution in [-0.4, -0.2) is 61.5 Å². The van der Waals surface area contributed by atoms with Gasteiger partial charge in [0.1, 0.15) is 11.7 Å². The van der Waals surface area contributed by atoms with Crippen LogP contribution < -0.4 is 11.1 Å². The van der Waals surface area contributed by atoms with Crippen LogP contribution in [0.25, 0.3) is 0 Å². The van der Waals surface area contributed by atoms with E-state index < -0.39 is 48.2 Å². The lowest BCUT2D eigenvalue weighted by Crippen LogP contribution is -2.72. The summed E-state index contributed by atoms with van der Waals surface area (Å²) in [5, 5.41) is 17.8. The first-order valence-corrected chi connectivity index (χ1v) is 19.5. The third kappa shape index (κ3) is 7.24. The summed E-state index contributed by atoms with van der Waals surface area (Å²) in [6.07, 6.45) is -0.111. The molecule has 1 aromatic heterocycles. The second-order valence-electron chi connectivity index (χ2n) is 13.7. The van der Waals surface area contributed by atoms with Gasteiger partial charge in [-0.25, -0.2) is 4.79 Å². The van der Waals surface area contributed by atoms with E-state index in [1.54, 1.807) is 0 Å². The Morgan fingerprint density at radius 1 is 0.828 bits per heavy atom. The van der Waals surface area contributed by atoms with Gasteiger partial charge in [0.25, 0.3) is 11.8 Å². The smallest absolute Gasteiger partial charge is 0.356 e. The first-order chi connectivity index (χ1) is 28.4. The van der Waals surface area contributed by atoms with Crippen molar-refractivity contribution in [2.75, 3.05) is 12.3 Å². The molecule has 0 bridgehead atoms. The molecule has 3 heterocycles. The van der Waals surface area contributed by atoms with Gasteiger partial charge in [0.15, 0.2) is 11.2 Å². The molecule has 5 aromatic carbocycles. The Balaban J connectivity index is 1.10. The standard InChI is InChI=1S/C45H38N6O6S/c46-44-48-40(50-58-44)37(49-57-45(32-20-10-3-11-21-32,33-22-12-4-13-23-33)34-24-14-5-15-25-34)41(53)47-36-35-27-26-31(28-52)38(51(35)42(36)54)43(55)56-39(29-16-6-1-7-17-29)30-18-8-2-9-19-30/h1-25,35-36,39,52H,26-28H2,(H,47,53)(H2,46,48,50)/b49-37+/t35?,36-/m0/s1. The fraction of sp³-hybridized carbons (Fsp3) is 0.156. The minimum Gasteiger partial charge on any atom is -0.448 e. The predicted molar refractivity (Wildman–Crippen MR) is 218 cm³/mol. The number of nitrogens with zero attached hydrogens (tertiary/aromatic N) is 4. The number of hydrogen-bond donors (Lipinski definition) is 3. The van der Waals surface area contributed by atoms with Crippen molar-refractivity contribution in [3.8, 4) is 0 Å². The molecule has 2 amide bonds. The number of β-lactam (4-membered cyclic amide) rings is 1. The van der Waals surface area contributed by atoms with E-state index in [9.17, 15) is 19.5 Å². The Morgan fingerprint density at radius 3 is 1.79 bits per heavy atom.